The molecule has 0 radical (unpaired) electrons. The zero-order valence-electron chi connectivity index (χ0n) is 16.9. The number of fused-ring (bicyclic) bond motifs is 1. The van der Waals surface area contributed by atoms with Crippen molar-refractivity contribution in [2.75, 3.05) is 28.1 Å². The molecule has 28 heavy (non-hydrogen) atoms. The summed E-state index contributed by atoms with van der Waals surface area (Å²) in [5, 5.41) is 0. The Hall–Kier alpha value is -2.60. The van der Waals surface area contributed by atoms with Crippen LogP contribution in [0.25, 0.3) is 0 Å². The van der Waals surface area contributed by atoms with Crippen molar-refractivity contribution >= 4 is 0 Å². The van der Waals surface area contributed by atoms with Gasteiger partial charge in [0.05, 0.1) is 33.5 Å². The first-order valence-electron chi connectivity index (χ1n) is 9.42. The van der Waals surface area contributed by atoms with Crippen molar-refractivity contribution < 1.29 is 28.4 Å². The lowest BCUT2D eigenvalue weighted by atomic mass is 9.85. The molecular formula is C22H26O6. The first-order chi connectivity index (χ1) is 13.6. The van der Waals surface area contributed by atoms with Crippen molar-refractivity contribution in [3.63, 3.8) is 0 Å². The summed E-state index contributed by atoms with van der Waals surface area (Å²) in [5.41, 5.74) is 2.11. The molecular weight excluding hydrogens is 360 g/mol. The van der Waals surface area contributed by atoms with Crippen LogP contribution in [0.1, 0.15) is 37.2 Å². The minimum absolute atomic E-state index is 0.0452. The Balaban J connectivity index is 1.66. The van der Waals surface area contributed by atoms with Crippen molar-refractivity contribution in [3.05, 3.63) is 41.5 Å². The van der Waals surface area contributed by atoms with Gasteiger partial charge < -0.3 is 28.4 Å². The number of hydrogen-bond acceptors (Lipinski definition) is 6. The molecule has 0 saturated carbocycles. The summed E-state index contributed by atoms with van der Waals surface area (Å²) in [7, 11) is 4.91. The first kappa shape index (κ1) is 18.7. The van der Waals surface area contributed by atoms with Gasteiger partial charge in [-0.15, -0.1) is 0 Å². The summed E-state index contributed by atoms with van der Waals surface area (Å²) < 4.78 is 33.9. The van der Waals surface area contributed by atoms with Crippen LogP contribution >= 0.6 is 0 Å². The number of methoxy groups -OCH3 is 3. The summed E-state index contributed by atoms with van der Waals surface area (Å²) in [4.78, 5) is 0. The van der Waals surface area contributed by atoms with Crippen molar-refractivity contribution in [1.29, 1.82) is 0 Å². The van der Waals surface area contributed by atoms with E-state index in [0.717, 1.165) is 11.1 Å². The van der Waals surface area contributed by atoms with Gasteiger partial charge in [-0.05, 0) is 47.2 Å². The Morgan fingerprint density at radius 3 is 2.07 bits per heavy atom. The smallest absolute Gasteiger partial charge is 0.231 e. The van der Waals surface area contributed by atoms with Crippen LogP contribution in [0.15, 0.2) is 30.3 Å². The average molecular weight is 386 g/mol. The molecule has 4 rings (SSSR count). The van der Waals surface area contributed by atoms with Crippen molar-refractivity contribution in [3.8, 4) is 28.7 Å². The molecule has 0 amide bonds. The van der Waals surface area contributed by atoms with E-state index in [2.05, 4.69) is 13.8 Å². The third-order valence-electron chi connectivity index (χ3n) is 5.82. The number of benzene rings is 2. The minimum atomic E-state index is -0.0727. The standard InChI is InChI=1S/C22H26O6/c1-12-13(2)21(15-9-18(25-5)22-19(10-15)26-11-27-22)28-20(12)14-6-7-16(23-3)17(8-14)24-4/h6-10,12-13,20-21H,11H2,1-5H3/t12-,13-,20+,21-/m0/s1. The zero-order valence-corrected chi connectivity index (χ0v) is 16.9. The van der Waals surface area contributed by atoms with Gasteiger partial charge in [-0.3, -0.25) is 0 Å². The van der Waals surface area contributed by atoms with Gasteiger partial charge in [-0.2, -0.15) is 0 Å². The molecule has 1 saturated heterocycles. The van der Waals surface area contributed by atoms with E-state index in [1.165, 1.54) is 0 Å². The van der Waals surface area contributed by atoms with Gasteiger partial charge in [0.2, 0.25) is 12.5 Å². The maximum atomic E-state index is 6.54. The van der Waals surface area contributed by atoms with Crippen molar-refractivity contribution in [2.24, 2.45) is 11.8 Å². The van der Waals surface area contributed by atoms with E-state index >= 15 is 0 Å². The van der Waals surface area contributed by atoms with Crippen LogP contribution < -0.4 is 23.7 Å². The number of hydrogen-bond donors (Lipinski definition) is 0. The van der Waals surface area contributed by atoms with Crippen LogP contribution in [0, 0.1) is 11.8 Å². The van der Waals surface area contributed by atoms with Crippen molar-refractivity contribution in [1.82, 2.24) is 0 Å². The summed E-state index contributed by atoms with van der Waals surface area (Å²) >= 11 is 0. The summed E-state index contributed by atoms with van der Waals surface area (Å²) in [6.45, 7) is 4.64. The predicted molar refractivity (Wildman–Crippen MR) is 104 cm³/mol. The molecule has 0 N–H and O–H groups in total. The third kappa shape index (κ3) is 3.02. The Kier molecular flexibility index (Phi) is 4.98. The average Bonchev–Trinajstić information content (AvgIpc) is 3.31. The van der Waals surface area contributed by atoms with E-state index in [1.807, 2.05) is 30.3 Å². The Labute approximate surface area is 165 Å². The summed E-state index contributed by atoms with van der Waals surface area (Å²) in [6, 6.07) is 9.94. The van der Waals surface area contributed by atoms with Crippen LogP contribution in [0.4, 0.5) is 0 Å². The second kappa shape index (κ2) is 7.43. The van der Waals surface area contributed by atoms with E-state index in [1.54, 1.807) is 21.3 Å². The molecule has 0 unspecified atom stereocenters. The molecule has 2 aromatic rings. The number of rotatable bonds is 5. The van der Waals surface area contributed by atoms with Crippen LogP contribution in [0.3, 0.4) is 0 Å². The third-order valence-corrected chi connectivity index (χ3v) is 5.82. The normalized spacial score (nSPS) is 25.6. The lowest BCUT2D eigenvalue weighted by Gasteiger charge is -2.18. The van der Waals surface area contributed by atoms with Gasteiger partial charge in [0.1, 0.15) is 0 Å². The van der Waals surface area contributed by atoms with Crippen LogP contribution in [-0.2, 0) is 4.74 Å². The molecule has 150 valence electrons. The Morgan fingerprint density at radius 2 is 1.39 bits per heavy atom. The highest BCUT2D eigenvalue weighted by Gasteiger charge is 2.41. The fourth-order valence-corrected chi connectivity index (χ4v) is 4.07. The van der Waals surface area contributed by atoms with Gasteiger partial charge in [-0.1, -0.05) is 19.9 Å². The Bertz CT molecular complexity index is 864. The van der Waals surface area contributed by atoms with Gasteiger partial charge in [0, 0.05) is 0 Å². The minimum Gasteiger partial charge on any atom is -0.493 e. The molecule has 6 heteroatoms. The highest BCUT2D eigenvalue weighted by molar-refractivity contribution is 5.55. The molecule has 0 aliphatic carbocycles. The second-order valence-corrected chi connectivity index (χ2v) is 7.27. The molecule has 1 fully saturated rings. The summed E-state index contributed by atoms with van der Waals surface area (Å²) in [5.74, 6) is 4.07. The molecule has 2 aliphatic rings. The predicted octanol–water partition coefficient (Wildman–Crippen LogP) is 4.53. The molecule has 6 nitrogen and oxygen atoms in total. The van der Waals surface area contributed by atoms with Crippen LogP contribution in [0.5, 0.6) is 28.7 Å². The molecule has 2 aliphatic heterocycles. The highest BCUT2D eigenvalue weighted by Crippen LogP contribution is 2.52. The second-order valence-electron chi connectivity index (χ2n) is 7.27. The van der Waals surface area contributed by atoms with E-state index in [0.29, 0.717) is 40.6 Å². The van der Waals surface area contributed by atoms with Crippen LogP contribution in [0.2, 0.25) is 0 Å². The maximum absolute atomic E-state index is 6.54. The maximum Gasteiger partial charge on any atom is 0.231 e. The molecule has 2 aromatic carbocycles. The van der Waals surface area contributed by atoms with Crippen molar-refractivity contribution in [2.45, 2.75) is 26.1 Å². The largest absolute Gasteiger partial charge is 0.493 e. The topological polar surface area (TPSA) is 55.4 Å². The van der Waals surface area contributed by atoms with E-state index < -0.39 is 0 Å². The first-order valence-corrected chi connectivity index (χ1v) is 9.42. The van der Waals surface area contributed by atoms with E-state index in [9.17, 15) is 0 Å². The molecule has 0 bridgehead atoms. The van der Waals surface area contributed by atoms with Gasteiger partial charge in [0.25, 0.3) is 0 Å². The Morgan fingerprint density at radius 1 is 0.750 bits per heavy atom. The fourth-order valence-electron chi connectivity index (χ4n) is 4.07. The van der Waals surface area contributed by atoms with Crippen LogP contribution in [-0.4, -0.2) is 28.1 Å². The molecule has 0 spiro atoms. The molecule has 2 heterocycles. The lowest BCUT2D eigenvalue weighted by molar-refractivity contribution is 0.0287. The van der Waals surface area contributed by atoms with E-state index in [4.69, 9.17) is 28.4 Å². The lowest BCUT2D eigenvalue weighted by Crippen LogP contribution is -2.10. The molecule has 4 atom stereocenters. The van der Waals surface area contributed by atoms with Gasteiger partial charge in [0.15, 0.2) is 23.0 Å². The monoisotopic (exact) mass is 386 g/mol. The number of ether oxygens (including phenoxy) is 6. The molecule has 0 aromatic heterocycles. The zero-order chi connectivity index (χ0) is 19.8. The highest BCUT2D eigenvalue weighted by atomic mass is 16.7. The SMILES string of the molecule is COc1ccc([C@@H]2O[C@H](c3cc(OC)c4c(c3)OCO4)[C@@H](C)[C@@H]2C)cc1OC. The quantitative estimate of drug-likeness (QED) is 0.753. The summed E-state index contributed by atoms with van der Waals surface area (Å²) in [6.07, 6.45) is -0.118. The van der Waals surface area contributed by atoms with E-state index in [-0.39, 0.29) is 19.0 Å². The fraction of sp³-hybridized carbons (Fsp3) is 0.455. The van der Waals surface area contributed by atoms with Gasteiger partial charge in [-0.25, -0.2) is 0 Å². The van der Waals surface area contributed by atoms with Gasteiger partial charge >= 0.3 is 0 Å².